The van der Waals surface area contributed by atoms with Crippen LogP contribution in [0.25, 0.3) is 5.57 Å². The minimum atomic E-state index is -0.668. The van der Waals surface area contributed by atoms with Gasteiger partial charge >= 0.3 is 0 Å². The number of nitrogen functional groups attached to an aromatic ring is 1. The number of amides is 1. The third kappa shape index (κ3) is 3.91. The fourth-order valence-corrected chi connectivity index (χ4v) is 3.32. The molecule has 1 aliphatic heterocycles. The first-order valence-corrected chi connectivity index (χ1v) is 9.24. The van der Waals surface area contributed by atoms with Crippen LogP contribution in [0.3, 0.4) is 0 Å². The van der Waals surface area contributed by atoms with Crippen LogP contribution < -0.4 is 16.2 Å². The Bertz CT molecular complexity index is 1050. The number of anilines is 1. The molecular weight excluding hydrogens is 389 g/mol. The number of aromatic nitrogens is 1. The van der Waals surface area contributed by atoms with E-state index in [9.17, 15) is 9.18 Å². The molecule has 0 aliphatic carbocycles. The number of halogens is 1. The van der Waals surface area contributed by atoms with Crippen molar-refractivity contribution >= 4 is 23.0 Å². The highest BCUT2D eigenvalue weighted by Crippen LogP contribution is 2.32. The highest BCUT2D eigenvalue weighted by molar-refractivity contribution is 6.26. The quantitative estimate of drug-likeness (QED) is 0.694. The van der Waals surface area contributed by atoms with Crippen LogP contribution in [0.15, 0.2) is 41.3 Å². The van der Waals surface area contributed by atoms with Crippen molar-refractivity contribution in [1.82, 2.24) is 9.88 Å². The van der Waals surface area contributed by atoms with Gasteiger partial charge in [0, 0.05) is 37.0 Å². The standard InChI is InChI=1S/C21H24FN5O3/c1-11-15-8-13(22)5-6-14(15)21(28)27(3)10-16(25-2)18(20(24)29-4)12-7-17(30-11)19(23)26-9-12/h5-9,11H,10,24H2,1-4H3,(H2,23,26)/t11-/m1/s1. The van der Waals surface area contributed by atoms with Gasteiger partial charge in [-0.1, -0.05) is 0 Å². The van der Waals surface area contributed by atoms with Crippen LogP contribution in [0.2, 0.25) is 0 Å². The summed E-state index contributed by atoms with van der Waals surface area (Å²) in [5, 5.41) is 0. The molecule has 0 unspecified atom stereocenters. The number of rotatable bonds is 1. The van der Waals surface area contributed by atoms with Crippen molar-refractivity contribution in [2.75, 3.05) is 33.5 Å². The van der Waals surface area contributed by atoms with Gasteiger partial charge in [0.1, 0.15) is 11.9 Å². The van der Waals surface area contributed by atoms with Crippen LogP contribution in [-0.2, 0) is 4.74 Å². The number of ether oxygens (including phenoxy) is 2. The lowest BCUT2D eigenvalue weighted by Gasteiger charge is -2.25. The Morgan fingerprint density at radius 3 is 2.80 bits per heavy atom. The Labute approximate surface area is 174 Å². The van der Waals surface area contributed by atoms with Gasteiger partial charge in [0.15, 0.2) is 17.5 Å². The fourth-order valence-electron chi connectivity index (χ4n) is 3.32. The van der Waals surface area contributed by atoms with E-state index in [0.717, 1.165) is 0 Å². The Kier molecular flexibility index (Phi) is 5.91. The van der Waals surface area contributed by atoms with Gasteiger partial charge in [-0.05, 0) is 31.2 Å². The number of nitrogens with zero attached hydrogens (tertiary/aromatic N) is 3. The number of benzene rings is 1. The molecule has 2 bridgehead atoms. The number of hydrogen-bond acceptors (Lipinski definition) is 7. The zero-order valence-electron chi connectivity index (χ0n) is 17.3. The molecule has 1 aliphatic rings. The summed E-state index contributed by atoms with van der Waals surface area (Å²) in [4.78, 5) is 23.2. The van der Waals surface area contributed by atoms with Crippen LogP contribution in [0, 0.1) is 5.82 Å². The average molecular weight is 413 g/mol. The van der Waals surface area contributed by atoms with Gasteiger partial charge in [-0.15, -0.1) is 0 Å². The van der Waals surface area contributed by atoms with Crippen LogP contribution in [0.5, 0.6) is 5.75 Å². The smallest absolute Gasteiger partial charge is 0.254 e. The highest BCUT2D eigenvalue weighted by Gasteiger charge is 2.26. The largest absolute Gasteiger partial charge is 0.482 e. The molecule has 8 nitrogen and oxygen atoms in total. The summed E-state index contributed by atoms with van der Waals surface area (Å²) in [6.07, 6.45) is 0.860. The van der Waals surface area contributed by atoms with Gasteiger partial charge < -0.3 is 25.8 Å². The average Bonchev–Trinajstić information content (AvgIpc) is 2.73. The van der Waals surface area contributed by atoms with Gasteiger partial charge in [-0.2, -0.15) is 0 Å². The van der Waals surface area contributed by atoms with Crippen molar-refractivity contribution in [3.63, 3.8) is 0 Å². The van der Waals surface area contributed by atoms with Crippen molar-refractivity contribution in [1.29, 1.82) is 0 Å². The lowest BCUT2D eigenvalue weighted by Crippen LogP contribution is -2.34. The zero-order valence-corrected chi connectivity index (χ0v) is 17.3. The number of fused-ring (bicyclic) bond motifs is 3. The molecule has 30 heavy (non-hydrogen) atoms. The third-order valence-corrected chi connectivity index (χ3v) is 4.91. The second-order valence-electron chi connectivity index (χ2n) is 6.87. The molecule has 158 valence electrons. The highest BCUT2D eigenvalue weighted by atomic mass is 19.1. The molecule has 9 heteroatoms. The normalized spacial score (nSPS) is 20.0. The molecule has 0 spiro atoms. The number of carbonyl (C=O) groups excluding carboxylic acids is 1. The van der Waals surface area contributed by atoms with E-state index in [1.807, 2.05) is 0 Å². The lowest BCUT2D eigenvalue weighted by atomic mass is 9.99. The third-order valence-electron chi connectivity index (χ3n) is 4.91. The summed E-state index contributed by atoms with van der Waals surface area (Å²) in [6, 6.07) is 5.64. The van der Waals surface area contributed by atoms with E-state index in [1.54, 1.807) is 27.1 Å². The van der Waals surface area contributed by atoms with Gasteiger partial charge in [0.25, 0.3) is 5.91 Å². The number of pyridine rings is 1. The van der Waals surface area contributed by atoms with E-state index in [4.69, 9.17) is 20.9 Å². The summed E-state index contributed by atoms with van der Waals surface area (Å²) in [7, 11) is 4.66. The summed E-state index contributed by atoms with van der Waals surface area (Å²) < 4.78 is 25.2. The molecule has 0 fully saturated rings. The number of nitrogens with two attached hydrogens (primary N) is 2. The van der Waals surface area contributed by atoms with Gasteiger partial charge in [-0.25, -0.2) is 9.37 Å². The first-order valence-electron chi connectivity index (χ1n) is 9.24. The number of hydrogen-bond donors (Lipinski definition) is 2. The Balaban J connectivity index is 2.28. The van der Waals surface area contributed by atoms with E-state index in [0.29, 0.717) is 28.0 Å². The predicted octanol–water partition coefficient (Wildman–Crippen LogP) is 2.37. The van der Waals surface area contributed by atoms with E-state index in [2.05, 4.69) is 9.98 Å². The van der Waals surface area contributed by atoms with Crippen molar-refractivity contribution < 1.29 is 18.7 Å². The fraction of sp³-hybridized carbons (Fsp3) is 0.286. The van der Waals surface area contributed by atoms with Crippen LogP contribution in [0.4, 0.5) is 10.2 Å². The Hall–Kier alpha value is -3.62. The minimum Gasteiger partial charge on any atom is -0.482 e. The molecule has 0 saturated heterocycles. The van der Waals surface area contributed by atoms with Crippen LogP contribution >= 0.6 is 0 Å². The van der Waals surface area contributed by atoms with E-state index >= 15 is 0 Å². The first-order chi connectivity index (χ1) is 14.3. The van der Waals surface area contributed by atoms with Crippen LogP contribution in [-0.4, -0.2) is 49.3 Å². The Morgan fingerprint density at radius 2 is 2.13 bits per heavy atom. The minimum absolute atomic E-state index is 0.113. The monoisotopic (exact) mass is 413 g/mol. The molecule has 4 N–H and O–H groups in total. The molecular formula is C21H24FN5O3. The van der Waals surface area contributed by atoms with Crippen molar-refractivity contribution in [3.05, 3.63) is 58.9 Å². The number of aliphatic imine (C=N–C) groups is 1. The molecule has 1 aromatic carbocycles. The van der Waals surface area contributed by atoms with Gasteiger partial charge in [-0.3, -0.25) is 9.79 Å². The topological polar surface area (TPSA) is 116 Å². The lowest BCUT2D eigenvalue weighted by molar-refractivity contribution is 0.0810. The molecule has 1 amide bonds. The van der Waals surface area contributed by atoms with Crippen LogP contribution in [0.1, 0.15) is 34.5 Å². The maximum atomic E-state index is 14.0. The van der Waals surface area contributed by atoms with Gasteiger partial charge in [0.2, 0.25) is 0 Å². The summed E-state index contributed by atoms with van der Waals surface area (Å²) in [6.45, 7) is 1.85. The maximum absolute atomic E-state index is 14.0. The first kappa shape index (κ1) is 21.1. The molecule has 0 radical (unpaired) electrons. The van der Waals surface area contributed by atoms with E-state index in [-0.39, 0.29) is 29.9 Å². The molecule has 2 heterocycles. The molecule has 3 rings (SSSR count). The van der Waals surface area contributed by atoms with E-state index < -0.39 is 11.9 Å². The number of methoxy groups -OCH3 is 1. The van der Waals surface area contributed by atoms with Crippen molar-refractivity contribution in [3.8, 4) is 5.75 Å². The summed E-state index contributed by atoms with van der Waals surface area (Å²) >= 11 is 0. The maximum Gasteiger partial charge on any atom is 0.254 e. The Morgan fingerprint density at radius 1 is 1.40 bits per heavy atom. The summed E-state index contributed by atoms with van der Waals surface area (Å²) in [5.74, 6) is -0.253. The van der Waals surface area contributed by atoms with Crippen molar-refractivity contribution in [2.45, 2.75) is 13.0 Å². The summed E-state index contributed by atoms with van der Waals surface area (Å²) in [5.41, 5.74) is 14.4. The predicted molar refractivity (Wildman–Crippen MR) is 113 cm³/mol. The molecule has 1 atom stereocenters. The van der Waals surface area contributed by atoms with E-state index in [1.165, 1.54) is 36.4 Å². The molecule has 0 saturated carbocycles. The SMILES string of the molecule is CN=C1CN(C)C(=O)c2ccc(F)cc2[C@@H](C)Oc2cc(cnc2N)C1=C(N)OC. The number of carbonyl (C=O) groups is 1. The second-order valence-corrected chi connectivity index (χ2v) is 6.87. The van der Waals surface area contributed by atoms with Crippen molar-refractivity contribution in [2.24, 2.45) is 10.7 Å². The molecule has 2 aromatic rings. The van der Waals surface area contributed by atoms with Gasteiger partial charge in [0.05, 0.1) is 24.9 Å². The zero-order chi connectivity index (χ0) is 22.0. The molecule has 1 aromatic heterocycles. The second kappa shape index (κ2) is 8.40.